The standard InChI is InChI=1S/C12H17ClN2O2/c1-3-15(2)10(6-14)8-4-9(13)12-11(5-8)16-7-17-12/h4-5,10H,3,6-7,14H2,1-2H3. The maximum atomic E-state index is 6.16. The van der Waals surface area contributed by atoms with Crippen LogP contribution in [0.5, 0.6) is 11.5 Å². The summed E-state index contributed by atoms with van der Waals surface area (Å²) in [6.07, 6.45) is 0. The summed E-state index contributed by atoms with van der Waals surface area (Å²) in [7, 11) is 2.04. The van der Waals surface area contributed by atoms with Gasteiger partial charge in [0.2, 0.25) is 6.79 Å². The zero-order valence-electron chi connectivity index (χ0n) is 10.1. The summed E-state index contributed by atoms with van der Waals surface area (Å²) in [6, 6.07) is 4.00. The van der Waals surface area contributed by atoms with Gasteiger partial charge in [0, 0.05) is 12.6 Å². The fourth-order valence-electron chi connectivity index (χ4n) is 1.97. The number of nitrogens with zero attached hydrogens (tertiary/aromatic N) is 1. The molecule has 1 heterocycles. The van der Waals surface area contributed by atoms with E-state index >= 15 is 0 Å². The lowest BCUT2D eigenvalue weighted by molar-refractivity contribution is 0.174. The first-order valence-corrected chi connectivity index (χ1v) is 6.04. The Hall–Kier alpha value is -0.970. The van der Waals surface area contributed by atoms with Crippen molar-refractivity contribution >= 4 is 11.6 Å². The lowest BCUT2D eigenvalue weighted by Gasteiger charge is -2.26. The zero-order chi connectivity index (χ0) is 12.4. The van der Waals surface area contributed by atoms with Crippen molar-refractivity contribution in [2.24, 2.45) is 5.73 Å². The Morgan fingerprint density at radius 3 is 2.88 bits per heavy atom. The third-order valence-electron chi connectivity index (χ3n) is 3.09. The van der Waals surface area contributed by atoms with Gasteiger partial charge in [-0.3, -0.25) is 4.90 Å². The predicted molar refractivity (Wildman–Crippen MR) is 67.7 cm³/mol. The van der Waals surface area contributed by atoms with Crippen LogP contribution in [0.4, 0.5) is 0 Å². The van der Waals surface area contributed by atoms with Gasteiger partial charge in [-0.2, -0.15) is 0 Å². The quantitative estimate of drug-likeness (QED) is 0.895. The minimum Gasteiger partial charge on any atom is -0.454 e. The maximum Gasteiger partial charge on any atom is 0.231 e. The average Bonchev–Trinajstić information content (AvgIpc) is 2.78. The van der Waals surface area contributed by atoms with Crippen LogP contribution in [-0.2, 0) is 0 Å². The molecule has 0 radical (unpaired) electrons. The molecule has 0 fully saturated rings. The van der Waals surface area contributed by atoms with Crippen LogP contribution in [0.1, 0.15) is 18.5 Å². The second-order valence-electron chi connectivity index (χ2n) is 4.06. The van der Waals surface area contributed by atoms with Gasteiger partial charge in [0.05, 0.1) is 5.02 Å². The predicted octanol–water partition coefficient (Wildman–Crippen LogP) is 2.02. The van der Waals surface area contributed by atoms with Gasteiger partial charge in [0.25, 0.3) is 0 Å². The monoisotopic (exact) mass is 256 g/mol. The fourth-order valence-corrected chi connectivity index (χ4v) is 2.24. The van der Waals surface area contributed by atoms with Crippen LogP contribution < -0.4 is 15.2 Å². The average molecular weight is 257 g/mol. The lowest BCUT2D eigenvalue weighted by atomic mass is 10.0. The highest BCUT2D eigenvalue weighted by Gasteiger charge is 2.22. The van der Waals surface area contributed by atoms with Crippen molar-refractivity contribution in [1.29, 1.82) is 0 Å². The van der Waals surface area contributed by atoms with Gasteiger partial charge in [-0.25, -0.2) is 0 Å². The first-order valence-electron chi connectivity index (χ1n) is 5.66. The highest BCUT2D eigenvalue weighted by molar-refractivity contribution is 6.32. The van der Waals surface area contributed by atoms with E-state index in [1.165, 1.54) is 0 Å². The summed E-state index contributed by atoms with van der Waals surface area (Å²) >= 11 is 6.16. The molecule has 0 aliphatic carbocycles. The van der Waals surface area contributed by atoms with Crippen LogP contribution in [0, 0.1) is 0 Å². The molecule has 0 saturated carbocycles. The molecule has 0 bridgehead atoms. The normalized spacial score (nSPS) is 15.4. The molecule has 94 valence electrons. The summed E-state index contributed by atoms with van der Waals surface area (Å²) in [4.78, 5) is 2.17. The number of hydrogen-bond acceptors (Lipinski definition) is 4. The Labute approximate surface area is 106 Å². The number of halogens is 1. The molecule has 1 aromatic carbocycles. The Morgan fingerprint density at radius 1 is 1.47 bits per heavy atom. The van der Waals surface area contributed by atoms with Crippen molar-refractivity contribution in [2.75, 3.05) is 26.9 Å². The maximum absolute atomic E-state index is 6.16. The highest BCUT2D eigenvalue weighted by Crippen LogP contribution is 2.41. The van der Waals surface area contributed by atoms with E-state index in [0.717, 1.165) is 12.1 Å². The van der Waals surface area contributed by atoms with Gasteiger partial charge in [-0.1, -0.05) is 18.5 Å². The highest BCUT2D eigenvalue weighted by atomic mass is 35.5. The smallest absolute Gasteiger partial charge is 0.231 e. The van der Waals surface area contributed by atoms with E-state index in [2.05, 4.69) is 11.8 Å². The Morgan fingerprint density at radius 2 is 2.24 bits per heavy atom. The fraction of sp³-hybridized carbons (Fsp3) is 0.500. The van der Waals surface area contributed by atoms with Crippen LogP contribution in [0.3, 0.4) is 0 Å². The summed E-state index contributed by atoms with van der Waals surface area (Å²) in [5.41, 5.74) is 6.88. The Bertz CT molecular complexity index is 412. The molecule has 0 aromatic heterocycles. The van der Waals surface area contributed by atoms with Gasteiger partial charge in [0.15, 0.2) is 11.5 Å². The van der Waals surface area contributed by atoms with Crippen molar-refractivity contribution in [3.8, 4) is 11.5 Å². The van der Waals surface area contributed by atoms with Gasteiger partial charge < -0.3 is 15.2 Å². The molecule has 5 heteroatoms. The van der Waals surface area contributed by atoms with Crippen molar-refractivity contribution < 1.29 is 9.47 Å². The Balaban J connectivity index is 2.35. The molecule has 0 amide bonds. The number of hydrogen-bond donors (Lipinski definition) is 1. The SMILES string of the molecule is CCN(C)C(CN)c1cc(Cl)c2c(c1)OCO2. The van der Waals surface area contributed by atoms with E-state index in [0.29, 0.717) is 23.1 Å². The molecule has 1 unspecified atom stereocenters. The molecule has 17 heavy (non-hydrogen) atoms. The van der Waals surface area contributed by atoms with E-state index in [1.54, 1.807) is 0 Å². The van der Waals surface area contributed by atoms with Crippen LogP contribution in [0.15, 0.2) is 12.1 Å². The zero-order valence-corrected chi connectivity index (χ0v) is 10.8. The van der Waals surface area contributed by atoms with Gasteiger partial charge in [-0.15, -0.1) is 0 Å². The van der Waals surface area contributed by atoms with E-state index in [9.17, 15) is 0 Å². The van der Waals surface area contributed by atoms with Crippen LogP contribution in [0.2, 0.25) is 5.02 Å². The van der Waals surface area contributed by atoms with Crippen molar-refractivity contribution in [2.45, 2.75) is 13.0 Å². The summed E-state index contributed by atoms with van der Waals surface area (Å²) < 4.78 is 10.6. The lowest BCUT2D eigenvalue weighted by Crippen LogP contribution is -2.30. The molecule has 1 aliphatic heterocycles. The molecule has 1 atom stereocenters. The molecule has 1 aromatic rings. The summed E-state index contributed by atoms with van der Waals surface area (Å²) in [5.74, 6) is 1.33. The van der Waals surface area contributed by atoms with Crippen molar-refractivity contribution in [1.82, 2.24) is 4.90 Å². The topological polar surface area (TPSA) is 47.7 Å². The first kappa shape index (κ1) is 12.5. The van der Waals surface area contributed by atoms with E-state index in [1.807, 2.05) is 19.2 Å². The number of likely N-dealkylation sites (N-methyl/N-ethyl adjacent to an activating group) is 1. The van der Waals surface area contributed by atoms with E-state index < -0.39 is 0 Å². The molecule has 4 nitrogen and oxygen atoms in total. The largest absolute Gasteiger partial charge is 0.454 e. The van der Waals surface area contributed by atoms with Crippen LogP contribution in [0.25, 0.3) is 0 Å². The Kier molecular flexibility index (Phi) is 3.76. The second kappa shape index (κ2) is 5.12. The number of benzene rings is 1. The number of fused-ring (bicyclic) bond motifs is 1. The first-order chi connectivity index (χ1) is 8.17. The number of nitrogens with two attached hydrogens (primary N) is 1. The number of rotatable bonds is 4. The van der Waals surface area contributed by atoms with Gasteiger partial charge >= 0.3 is 0 Å². The molecule has 2 N–H and O–H groups in total. The van der Waals surface area contributed by atoms with Crippen LogP contribution >= 0.6 is 11.6 Å². The molecule has 0 saturated heterocycles. The minimum atomic E-state index is 0.145. The molecule has 0 spiro atoms. The number of ether oxygens (including phenoxy) is 2. The molecule has 1 aliphatic rings. The molecular weight excluding hydrogens is 240 g/mol. The van der Waals surface area contributed by atoms with E-state index in [-0.39, 0.29) is 12.8 Å². The third-order valence-corrected chi connectivity index (χ3v) is 3.37. The molecule has 2 rings (SSSR count). The summed E-state index contributed by atoms with van der Waals surface area (Å²) in [5, 5.41) is 0.581. The minimum absolute atomic E-state index is 0.145. The van der Waals surface area contributed by atoms with Gasteiger partial charge in [-0.05, 0) is 31.3 Å². The van der Waals surface area contributed by atoms with E-state index in [4.69, 9.17) is 26.8 Å². The molecular formula is C12H17ClN2O2. The van der Waals surface area contributed by atoms with Crippen molar-refractivity contribution in [3.63, 3.8) is 0 Å². The third kappa shape index (κ3) is 2.34. The second-order valence-corrected chi connectivity index (χ2v) is 4.47. The van der Waals surface area contributed by atoms with Gasteiger partial charge in [0.1, 0.15) is 0 Å². The summed E-state index contributed by atoms with van der Waals surface area (Å²) in [6.45, 7) is 3.79. The van der Waals surface area contributed by atoms with Crippen LogP contribution in [-0.4, -0.2) is 31.8 Å². The van der Waals surface area contributed by atoms with Crippen molar-refractivity contribution in [3.05, 3.63) is 22.7 Å².